The minimum atomic E-state index is -3.89. The molecule has 0 saturated carbocycles. The Hall–Kier alpha value is -1.97. The fourth-order valence-corrected chi connectivity index (χ4v) is 3.51. The van der Waals surface area contributed by atoms with E-state index in [-0.39, 0.29) is 28.2 Å². The molecule has 0 atom stereocenters. The minimum Gasteiger partial charge on any atom is -0.452 e. The lowest BCUT2D eigenvalue weighted by Crippen LogP contribution is -2.39. The number of esters is 1. The van der Waals surface area contributed by atoms with Crippen LogP contribution in [0.25, 0.3) is 0 Å². The Balaban J connectivity index is 2.85. The van der Waals surface area contributed by atoms with E-state index in [1.54, 1.807) is 4.90 Å². The SMILES string of the molecule is CON(C)S(=O)(=O)c1cccc(C(=O)OCC(=O)N(CC(C)C)CC(C)C)c1. The zero-order chi connectivity index (χ0) is 21.5. The second-order valence-electron chi connectivity index (χ2n) is 7.29. The average Bonchev–Trinajstić information content (AvgIpc) is 2.63. The molecule has 8 nitrogen and oxygen atoms in total. The predicted molar refractivity (Wildman–Crippen MR) is 105 cm³/mol. The number of hydrogen-bond acceptors (Lipinski definition) is 6. The zero-order valence-corrected chi connectivity index (χ0v) is 18.2. The minimum absolute atomic E-state index is 0.0395. The van der Waals surface area contributed by atoms with Crippen LogP contribution in [0.4, 0.5) is 0 Å². The van der Waals surface area contributed by atoms with Crippen LogP contribution in [0, 0.1) is 11.8 Å². The highest BCUT2D eigenvalue weighted by molar-refractivity contribution is 7.89. The van der Waals surface area contributed by atoms with Gasteiger partial charge >= 0.3 is 5.97 Å². The molecule has 0 N–H and O–H groups in total. The Morgan fingerprint density at radius 3 is 2.14 bits per heavy atom. The molecule has 28 heavy (non-hydrogen) atoms. The van der Waals surface area contributed by atoms with E-state index in [1.807, 2.05) is 27.7 Å². The van der Waals surface area contributed by atoms with E-state index in [0.29, 0.717) is 17.6 Å². The summed E-state index contributed by atoms with van der Waals surface area (Å²) >= 11 is 0. The van der Waals surface area contributed by atoms with Crippen LogP contribution in [0.1, 0.15) is 38.1 Å². The van der Waals surface area contributed by atoms with Crippen molar-refractivity contribution in [1.29, 1.82) is 0 Å². The molecule has 0 aliphatic rings. The third-order valence-corrected chi connectivity index (χ3v) is 5.49. The van der Waals surface area contributed by atoms with E-state index < -0.39 is 22.6 Å². The highest BCUT2D eigenvalue weighted by atomic mass is 32.2. The van der Waals surface area contributed by atoms with Crippen molar-refractivity contribution in [2.75, 3.05) is 33.9 Å². The molecule has 0 aliphatic heterocycles. The van der Waals surface area contributed by atoms with Gasteiger partial charge in [0, 0.05) is 20.1 Å². The van der Waals surface area contributed by atoms with E-state index in [9.17, 15) is 18.0 Å². The van der Waals surface area contributed by atoms with Crippen molar-refractivity contribution in [2.45, 2.75) is 32.6 Å². The molecule has 0 fully saturated rings. The molecule has 1 aromatic carbocycles. The topological polar surface area (TPSA) is 93.2 Å². The normalized spacial score (nSPS) is 11.9. The van der Waals surface area contributed by atoms with Crippen LogP contribution in [0.2, 0.25) is 0 Å². The fraction of sp³-hybridized carbons (Fsp3) is 0.579. The first kappa shape index (κ1) is 24.1. The largest absolute Gasteiger partial charge is 0.452 e. The number of rotatable bonds is 10. The maximum absolute atomic E-state index is 12.4. The molecule has 0 spiro atoms. The lowest BCUT2D eigenvalue weighted by atomic mass is 10.1. The molecule has 0 saturated heterocycles. The van der Waals surface area contributed by atoms with Gasteiger partial charge in [-0.3, -0.25) is 9.63 Å². The first-order valence-electron chi connectivity index (χ1n) is 9.07. The van der Waals surface area contributed by atoms with Crippen molar-refractivity contribution in [3.63, 3.8) is 0 Å². The smallest absolute Gasteiger partial charge is 0.338 e. The zero-order valence-electron chi connectivity index (χ0n) is 17.3. The van der Waals surface area contributed by atoms with Gasteiger partial charge in [-0.15, -0.1) is 0 Å². The number of carbonyl (C=O) groups excluding carboxylic acids is 2. The van der Waals surface area contributed by atoms with E-state index >= 15 is 0 Å². The quantitative estimate of drug-likeness (QED) is 0.430. The van der Waals surface area contributed by atoms with E-state index in [4.69, 9.17) is 9.57 Å². The van der Waals surface area contributed by atoms with Gasteiger partial charge in [-0.1, -0.05) is 38.2 Å². The first-order valence-corrected chi connectivity index (χ1v) is 10.5. The van der Waals surface area contributed by atoms with Gasteiger partial charge in [0.1, 0.15) is 0 Å². The maximum atomic E-state index is 12.4. The number of hydrogen-bond donors (Lipinski definition) is 0. The van der Waals surface area contributed by atoms with E-state index in [2.05, 4.69) is 0 Å². The Bertz CT molecular complexity index is 766. The van der Waals surface area contributed by atoms with Gasteiger partial charge in [-0.25, -0.2) is 13.2 Å². The van der Waals surface area contributed by atoms with Crippen molar-refractivity contribution in [3.05, 3.63) is 29.8 Å². The molecule has 0 unspecified atom stereocenters. The molecule has 0 heterocycles. The Kier molecular flexibility index (Phi) is 9.06. The summed E-state index contributed by atoms with van der Waals surface area (Å²) in [5.41, 5.74) is 0.0395. The Labute approximate surface area is 167 Å². The highest BCUT2D eigenvalue weighted by Gasteiger charge is 2.23. The summed E-state index contributed by atoms with van der Waals surface area (Å²) in [4.78, 5) is 31.0. The van der Waals surface area contributed by atoms with Crippen LogP contribution < -0.4 is 0 Å². The molecule has 0 radical (unpaired) electrons. The van der Waals surface area contributed by atoms with Crippen LogP contribution in [0.3, 0.4) is 0 Å². The summed E-state index contributed by atoms with van der Waals surface area (Å²) in [5, 5.41) is 0. The molecular weight excluding hydrogens is 384 g/mol. The van der Waals surface area contributed by atoms with E-state index in [1.165, 1.54) is 38.4 Å². The van der Waals surface area contributed by atoms with Gasteiger partial charge in [0.05, 0.1) is 17.6 Å². The summed E-state index contributed by atoms with van der Waals surface area (Å²) < 4.78 is 30.4. The van der Waals surface area contributed by atoms with Gasteiger partial charge in [-0.05, 0) is 30.0 Å². The van der Waals surface area contributed by atoms with Gasteiger partial charge < -0.3 is 9.64 Å². The van der Waals surface area contributed by atoms with Crippen LogP contribution in [0.15, 0.2) is 29.2 Å². The lowest BCUT2D eigenvalue weighted by Gasteiger charge is -2.26. The molecule has 158 valence electrons. The van der Waals surface area contributed by atoms with Gasteiger partial charge in [-0.2, -0.15) is 0 Å². The molecule has 1 aromatic rings. The van der Waals surface area contributed by atoms with Crippen molar-refractivity contribution in [3.8, 4) is 0 Å². The summed E-state index contributed by atoms with van der Waals surface area (Å²) in [7, 11) is -1.42. The number of nitrogens with zero attached hydrogens (tertiary/aromatic N) is 2. The standard InChI is InChI=1S/C19H30N2O6S/c1-14(2)11-21(12-15(3)4)18(22)13-27-19(23)16-8-7-9-17(10-16)28(24,25)20(5)26-6/h7-10,14-15H,11-13H2,1-6H3. The van der Waals surface area contributed by atoms with Crippen molar-refractivity contribution in [2.24, 2.45) is 11.8 Å². The first-order chi connectivity index (χ1) is 13.0. The average molecular weight is 415 g/mol. The van der Waals surface area contributed by atoms with Gasteiger partial charge in [0.15, 0.2) is 6.61 Å². The predicted octanol–water partition coefficient (Wildman–Crippen LogP) is 2.17. The van der Waals surface area contributed by atoms with Crippen molar-refractivity contribution >= 4 is 21.9 Å². The Morgan fingerprint density at radius 1 is 1.07 bits per heavy atom. The molecule has 1 rings (SSSR count). The number of ether oxygens (including phenoxy) is 1. The summed E-state index contributed by atoms with van der Waals surface area (Å²) in [6.45, 7) is 8.79. The summed E-state index contributed by atoms with van der Waals surface area (Å²) in [6, 6.07) is 5.40. The fourth-order valence-electron chi connectivity index (χ4n) is 2.49. The molecular formula is C19H30N2O6S. The molecule has 0 aliphatic carbocycles. The third-order valence-electron chi connectivity index (χ3n) is 3.81. The van der Waals surface area contributed by atoms with Gasteiger partial charge in [0.25, 0.3) is 15.9 Å². The highest BCUT2D eigenvalue weighted by Crippen LogP contribution is 2.16. The Morgan fingerprint density at radius 2 is 1.64 bits per heavy atom. The molecule has 1 amide bonds. The number of benzene rings is 1. The van der Waals surface area contributed by atoms with Crippen molar-refractivity contribution in [1.82, 2.24) is 9.37 Å². The number of sulfonamides is 1. The van der Waals surface area contributed by atoms with Crippen LogP contribution in [0.5, 0.6) is 0 Å². The van der Waals surface area contributed by atoms with Gasteiger partial charge in [0.2, 0.25) is 0 Å². The van der Waals surface area contributed by atoms with E-state index in [0.717, 1.165) is 0 Å². The summed E-state index contributed by atoms with van der Waals surface area (Å²) in [6.07, 6.45) is 0. The third kappa shape index (κ3) is 6.88. The lowest BCUT2D eigenvalue weighted by molar-refractivity contribution is -0.135. The second-order valence-corrected chi connectivity index (χ2v) is 9.22. The second kappa shape index (κ2) is 10.5. The van der Waals surface area contributed by atoms with Crippen LogP contribution in [-0.4, -0.2) is 63.5 Å². The van der Waals surface area contributed by atoms with Crippen molar-refractivity contribution < 1.29 is 27.6 Å². The number of carbonyl (C=O) groups is 2. The molecule has 0 aromatic heterocycles. The molecule has 0 bridgehead atoms. The van der Waals surface area contributed by atoms with Crippen LogP contribution >= 0.6 is 0 Å². The summed E-state index contributed by atoms with van der Waals surface area (Å²) in [5.74, 6) is -0.464. The molecule has 9 heteroatoms. The number of amides is 1. The maximum Gasteiger partial charge on any atom is 0.338 e. The monoisotopic (exact) mass is 414 g/mol. The van der Waals surface area contributed by atoms with Crippen LogP contribution in [-0.2, 0) is 24.4 Å². The number of hydroxylamine groups is 1.